The quantitative estimate of drug-likeness (QED) is 0.549. The number of nitrogens with zero attached hydrogens (tertiary/aromatic N) is 4. The van der Waals surface area contributed by atoms with Crippen molar-refractivity contribution < 1.29 is 18.4 Å². The van der Waals surface area contributed by atoms with Crippen molar-refractivity contribution in [2.75, 3.05) is 13.1 Å². The van der Waals surface area contributed by atoms with Crippen LogP contribution < -0.4 is 0 Å². The Hall–Kier alpha value is -3.13. The van der Waals surface area contributed by atoms with Crippen molar-refractivity contribution >= 4 is 23.4 Å². The minimum atomic E-state index is -0.156. The van der Waals surface area contributed by atoms with E-state index < -0.39 is 0 Å². The molecule has 0 unspecified atom stereocenters. The van der Waals surface area contributed by atoms with Gasteiger partial charge in [-0.2, -0.15) is 0 Å². The van der Waals surface area contributed by atoms with E-state index in [1.54, 1.807) is 21.9 Å². The first kappa shape index (κ1) is 22.1. The van der Waals surface area contributed by atoms with Crippen LogP contribution in [0.2, 0.25) is 5.02 Å². The molecule has 0 bridgehead atoms. The minimum Gasteiger partial charge on any atom is -0.472 e. The van der Waals surface area contributed by atoms with Gasteiger partial charge in [0.25, 0.3) is 5.91 Å². The number of aromatic nitrogens is 2. The average molecular weight is 457 g/mol. The predicted octanol–water partition coefficient (Wildman–Crippen LogP) is 4.27. The Labute approximate surface area is 191 Å². The van der Waals surface area contributed by atoms with E-state index in [1.165, 1.54) is 12.5 Å². The topological polar surface area (TPSA) is 92.7 Å². The fourth-order valence-corrected chi connectivity index (χ4v) is 4.07. The van der Waals surface area contributed by atoms with Crippen molar-refractivity contribution in [2.45, 2.75) is 39.3 Å². The van der Waals surface area contributed by atoms with Gasteiger partial charge in [0.05, 0.1) is 29.0 Å². The summed E-state index contributed by atoms with van der Waals surface area (Å²) in [5.41, 5.74) is 1.19. The summed E-state index contributed by atoms with van der Waals surface area (Å²) in [5.74, 6) is 0.496. The number of halogens is 1. The van der Waals surface area contributed by atoms with Crippen molar-refractivity contribution in [1.82, 2.24) is 20.0 Å². The highest BCUT2D eigenvalue weighted by Crippen LogP contribution is 2.27. The Kier molecular flexibility index (Phi) is 6.60. The molecule has 0 atom stereocenters. The Balaban J connectivity index is 1.40. The summed E-state index contributed by atoms with van der Waals surface area (Å²) in [4.78, 5) is 29.3. The van der Waals surface area contributed by atoms with Crippen LogP contribution in [0, 0.1) is 5.92 Å². The van der Waals surface area contributed by atoms with Gasteiger partial charge in [-0.15, -0.1) is 10.2 Å². The number of carbonyl (C=O) groups excluding carboxylic acids is 2. The van der Waals surface area contributed by atoms with Crippen LogP contribution in [-0.2, 0) is 11.3 Å². The second-order valence-corrected chi connectivity index (χ2v) is 8.53. The highest BCUT2D eigenvalue weighted by molar-refractivity contribution is 6.33. The van der Waals surface area contributed by atoms with E-state index in [4.69, 9.17) is 20.4 Å². The minimum absolute atomic E-state index is 0.0351. The second kappa shape index (κ2) is 9.56. The van der Waals surface area contributed by atoms with Crippen molar-refractivity contribution in [3.05, 3.63) is 59.3 Å². The van der Waals surface area contributed by atoms with Gasteiger partial charge < -0.3 is 18.6 Å². The predicted molar refractivity (Wildman–Crippen MR) is 118 cm³/mol. The zero-order chi connectivity index (χ0) is 22.7. The molecule has 32 heavy (non-hydrogen) atoms. The van der Waals surface area contributed by atoms with Crippen molar-refractivity contribution in [3.8, 4) is 11.5 Å². The average Bonchev–Trinajstić information content (AvgIpc) is 3.49. The molecule has 1 aliphatic heterocycles. The summed E-state index contributed by atoms with van der Waals surface area (Å²) in [7, 11) is 0. The maximum absolute atomic E-state index is 13.3. The van der Waals surface area contributed by atoms with Crippen LogP contribution in [0.5, 0.6) is 0 Å². The summed E-state index contributed by atoms with van der Waals surface area (Å²) in [6, 6.07) is 8.86. The Morgan fingerprint density at radius 3 is 2.59 bits per heavy atom. The number of piperidine rings is 1. The van der Waals surface area contributed by atoms with Gasteiger partial charge >= 0.3 is 0 Å². The number of benzene rings is 1. The largest absolute Gasteiger partial charge is 0.472 e. The molecule has 0 aliphatic carbocycles. The van der Waals surface area contributed by atoms with Gasteiger partial charge in [-0.1, -0.05) is 23.7 Å². The smallest absolute Gasteiger partial charge is 0.257 e. The van der Waals surface area contributed by atoms with Gasteiger partial charge in [-0.05, 0) is 44.9 Å². The first-order chi connectivity index (χ1) is 15.4. The van der Waals surface area contributed by atoms with E-state index in [0.29, 0.717) is 53.9 Å². The number of amides is 2. The van der Waals surface area contributed by atoms with Crippen LogP contribution in [0.1, 0.15) is 42.9 Å². The SMILES string of the molecule is CC(C)N(Cc1nnc(-c2ccccc2Cl)o1)C(=O)C1CCN(C(=O)c2ccoc2)CC1. The molecule has 2 aromatic heterocycles. The lowest BCUT2D eigenvalue weighted by Crippen LogP contribution is -2.46. The van der Waals surface area contributed by atoms with Gasteiger partial charge in [-0.3, -0.25) is 9.59 Å². The van der Waals surface area contributed by atoms with Crippen LogP contribution in [0.25, 0.3) is 11.5 Å². The normalized spacial score (nSPS) is 14.7. The summed E-state index contributed by atoms with van der Waals surface area (Å²) in [5, 5.41) is 8.73. The molecule has 3 heterocycles. The molecule has 1 aromatic carbocycles. The first-order valence-corrected chi connectivity index (χ1v) is 11.0. The number of hydrogen-bond donors (Lipinski definition) is 0. The molecular weight excluding hydrogens is 432 g/mol. The van der Waals surface area contributed by atoms with E-state index >= 15 is 0 Å². The van der Waals surface area contributed by atoms with E-state index in [2.05, 4.69) is 10.2 Å². The lowest BCUT2D eigenvalue weighted by Gasteiger charge is -2.35. The third-order valence-electron chi connectivity index (χ3n) is 5.68. The van der Waals surface area contributed by atoms with Gasteiger partial charge in [0.2, 0.25) is 17.7 Å². The van der Waals surface area contributed by atoms with Crippen LogP contribution in [-0.4, -0.2) is 50.9 Å². The summed E-state index contributed by atoms with van der Waals surface area (Å²) in [6.45, 7) is 5.21. The van der Waals surface area contributed by atoms with Gasteiger partial charge in [0.1, 0.15) is 6.26 Å². The monoisotopic (exact) mass is 456 g/mol. The third-order valence-corrected chi connectivity index (χ3v) is 6.01. The highest BCUT2D eigenvalue weighted by atomic mass is 35.5. The van der Waals surface area contributed by atoms with Crippen molar-refractivity contribution in [3.63, 3.8) is 0 Å². The molecule has 168 valence electrons. The zero-order valence-electron chi connectivity index (χ0n) is 18.0. The van der Waals surface area contributed by atoms with Crippen LogP contribution >= 0.6 is 11.6 Å². The molecule has 0 saturated carbocycles. The molecule has 0 spiro atoms. The third kappa shape index (κ3) is 4.70. The van der Waals surface area contributed by atoms with Crippen LogP contribution in [0.3, 0.4) is 0 Å². The summed E-state index contributed by atoms with van der Waals surface area (Å²) in [6.07, 6.45) is 4.15. The number of furan rings is 1. The Morgan fingerprint density at radius 1 is 1.19 bits per heavy atom. The zero-order valence-corrected chi connectivity index (χ0v) is 18.8. The molecular formula is C23H25ClN4O4. The van der Waals surface area contributed by atoms with E-state index in [1.807, 2.05) is 32.0 Å². The van der Waals surface area contributed by atoms with Gasteiger partial charge in [0, 0.05) is 25.0 Å². The first-order valence-electron chi connectivity index (χ1n) is 10.6. The second-order valence-electron chi connectivity index (χ2n) is 8.12. The van der Waals surface area contributed by atoms with Crippen LogP contribution in [0.4, 0.5) is 0 Å². The molecule has 3 aromatic rings. The van der Waals surface area contributed by atoms with E-state index in [0.717, 1.165) is 0 Å². The number of rotatable bonds is 6. The van der Waals surface area contributed by atoms with Crippen LogP contribution in [0.15, 0.2) is 51.7 Å². The lowest BCUT2D eigenvalue weighted by atomic mass is 9.94. The van der Waals surface area contributed by atoms with Gasteiger partial charge in [-0.25, -0.2) is 0 Å². The van der Waals surface area contributed by atoms with Crippen molar-refractivity contribution in [2.24, 2.45) is 5.92 Å². The molecule has 9 heteroatoms. The molecule has 8 nitrogen and oxygen atoms in total. The highest BCUT2D eigenvalue weighted by Gasteiger charge is 2.32. The number of hydrogen-bond acceptors (Lipinski definition) is 6. The maximum atomic E-state index is 13.3. The van der Waals surface area contributed by atoms with E-state index in [-0.39, 0.29) is 30.3 Å². The summed E-state index contributed by atoms with van der Waals surface area (Å²) < 4.78 is 10.8. The molecule has 0 radical (unpaired) electrons. The molecule has 2 amide bonds. The maximum Gasteiger partial charge on any atom is 0.257 e. The number of likely N-dealkylation sites (tertiary alicyclic amines) is 1. The molecule has 4 rings (SSSR count). The fraction of sp³-hybridized carbons (Fsp3) is 0.391. The fourth-order valence-electron chi connectivity index (χ4n) is 3.85. The lowest BCUT2D eigenvalue weighted by molar-refractivity contribution is -0.139. The Morgan fingerprint density at radius 2 is 1.94 bits per heavy atom. The molecule has 0 N–H and O–H groups in total. The van der Waals surface area contributed by atoms with E-state index in [9.17, 15) is 9.59 Å². The molecule has 1 aliphatic rings. The molecule has 1 fully saturated rings. The van der Waals surface area contributed by atoms with Gasteiger partial charge in [0.15, 0.2) is 0 Å². The summed E-state index contributed by atoms with van der Waals surface area (Å²) >= 11 is 6.22. The molecule has 1 saturated heterocycles. The Bertz CT molecular complexity index is 1070. The van der Waals surface area contributed by atoms with Crippen molar-refractivity contribution in [1.29, 1.82) is 0 Å². The number of carbonyl (C=O) groups is 2. The standard InChI is InChI=1S/C23H25ClN4O4/c1-15(2)28(13-20-25-26-21(32-20)18-5-3-4-6-19(18)24)23(30)16-7-10-27(11-8-16)22(29)17-9-12-31-14-17/h3-6,9,12,14-16H,7-8,10-11,13H2,1-2H3.